The zero-order valence-corrected chi connectivity index (χ0v) is 67.3. The van der Waals surface area contributed by atoms with Crippen molar-refractivity contribution < 1.29 is 139 Å². The zero-order valence-electron chi connectivity index (χ0n) is 60.1. The second kappa shape index (κ2) is 35.9. The standard InChI is InChI=1S/2C40H42N2O9S2.2Na/c2*43-35-21-11-18-30-36(35)40(45)38-34(42-32-20-10-8-13-27(32)25-51-53(48,49)29-16-5-2-6-17-29)23-22-33(37(38)39(30)44)41-31-19-9-7-12-26(31)24-50-52(46,47)28-14-3-1-4-15-28;;/h2*1-6,11,14-18,21-23,26-27,31-32,41-43H,7-10,12-13,19-20,24-25H2;;/q;;2*+1/p-2. The average Bonchev–Trinajstić information content (AvgIpc) is 0.738. The van der Waals surface area contributed by atoms with E-state index in [4.69, 9.17) is 16.7 Å². The van der Waals surface area contributed by atoms with Gasteiger partial charge < -0.3 is 31.5 Å². The van der Waals surface area contributed by atoms with Gasteiger partial charge in [-0.1, -0.05) is 172 Å². The molecular weight excluding hydrogens is 1480 g/mol. The third kappa shape index (κ3) is 18.4. The molecule has 0 radical (unpaired) electrons. The molecule has 6 aliphatic rings. The molecule has 8 unspecified atom stereocenters. The van der Waals surface area contributed by atoms with Gasteiger partial charge in [0, 0.05) is 92.8 Å². The van der Waals surface area contributed by atoms with E-state index < -0.39 is 75.1 Å². The quantitative estimate of drug-likeness (QED) is 0.0366. The van der Waals surface area contributed by atoms with Crippen molar-refractivity contribution in [3.8, 4) is 11.5 Å². The number of anilines is 4. The van der Waals surface area contributed by atoms with Crippen molar-refractivity contribution in [2.75, 3.05) is 47.7 Å². The summed E-state index contributed by atoms with van der Waals surface area (Å²) in [6.07, 6.45) is 12.5. The minimum atomic E-state index is -3.99. The molecular formula is C80H82N4Na2O18S4. The smallest absolute Gasteiger partial charge is 0.872 e. The molecule has 0 aliphatic heterocycles. The first-order valence-electron chi connectivity index (χ1n) is 36.0. The fourth-order valence-corrected chi connectivity index (χ4v) is 19.5. The van der Waals surface area contributed by atoms with Crippen LogP contribution in [-0.4, -0.2) is 107 Å². The Labute approximate surface area is 675 Å². The Bertz CT molecular complexity index is 4750. The van der Waals surface area contributed by atoms with E-state index in [0.29, 0.717) is 74.1 Å². The van der Waals surface area contributed by atoms with E-state index >= 15 is 0 Å². The van der Waals surface area contributed by atoms with Crippen molar-refractivity contribution in [3.63, 3.8) is 0 Å². The predicted molar refractivity (Wildman–Crippen MR) is 394 cm³/mol. The summed E-state index contributed by atoms with van der Waals surface area (Å²) < 4.78 is 126. The summed E-state index contributed by atoms with van der Waals surface area (Å²) >= 11 is 0. The van der Waals surface area contributed by atoms with Crippen LogP contribution >= 0.6 is 0 Å². The number of nitrogens with one attached hydrogen (secondary N) is 4. The molecule has 4 saturated carbocycles. The summed E-state index contributed by atoms with van der Waals surface area (Å²) in [5.41, 5.74) is 1.68. The molecule has 556 valence electrons. The minimum absolute atomic E-state index is 0. The van der Waals surface area contributed by atoms with Gasteiger partial charge in [0.25, 0.3) is 40.5 Å². The fourth-order valence-electron chi connectivity index (χ4n) is 15.6. The van der Waals surface area contributed by atoms with E-state index in [-0.39, 0.29) is 197 Å². The number of rotatable bonds is 24. The first-order chi connectivity index (χ1) is 51.1. The van der Waals surface area contributed by atoms with Crippen LogP contribution in [0.5, 0.6) is 11.5 Å². The zero-order chi connectivity index (χ0) is 74.3. The summed E-state index contributed by atoms with van der Waals surface area (Å²) in [7, 11) is -15.9. The summed E-state index contributed by atoms with van der Waals surface area (Å²) in [5.74, 6) is -4.02. The van der Waals surface area contributed by atoms with Crippen molar-refractivity contribution in [3.05, 3.63) is 226 Å². The van der Waals surface area contributed by atoms with E-state index in [1.54, 1.807) is 97.1 Å². The Morgan fingerprint density at radius 3 is 0.741 bits per heavy atom. The van der Waals surface area contributed by atoms with Gasteiger partial charge in [-0.3, -0.25) is 35.9 Å². The van der Waals surface area contributed by atoms with Crippen LogP contribution in [0.4, 0.5) is 22.7 Å². The van der Waals surface area contributed by atoms with Crippen molar-refractivity contribution in [2.24, 2.45) is 23.7 Å². The van der Waals surface area contributed by atoms with Crippen LogP contribution in [0.15, 0.2) is 202 Å². The van der Waals surface area contributed by atoms with Crippen molar-refractivity contribution in [1.82, 2.24) is 0 Å². The number of carbonyl (C=O) groups excluding carboxylic acids is 4. The maximum atomic E-state index is 14.3. The summed E-state index contributed by atoms with van der Waals surface area (Å²) in [4.78, 5) is 57.4. The van der Waals surface area contributed by atoms with E-state index in [1.165, 1.54) is 84.9 Å². The Morgan fingerprint density at radius 1 is 0.278 bits per heavy atom. The van der Waals surface area contributed by atoms with Gasteiger partial charge in [0.2, 0.25) is 0 Å². The molecule has 0 aromatic heterocycles. The van der Waals surface area contributed by atoms with Crippen LogP contribution in [0, 0.1) is 23.7 Å². The van der Waals surface area contributed by atoms with E-state index in [0.717, 1.165) is 51.4 Å². The second-order valence-corrected chi connectivity index (χ2v) is 34.3. The molecule has 0 saturated heterocycles. The molecule has 14 rings (SSSR count). The molecule has 4 fully saturated rings. The molecule has 28 heteroatoms. The Hall–Kier alpha value is -7.12. The molecule has 0 amide bonds. The summed E-state index contributed by atoms with van der Waals surface area (Å²) in [6.45, 7) is -0.251. The van der Waals surface area contributed by atoms with Gasteiger partial charge in [-0.05, 0) is 124 Å². The van der Waals surface area contributed by atoms with Gasteiger partial charge in [-0.2, -0.15) is 33.7 Å². The van der Waals surface area contributed by atoms with Crippen LogP contribution in [0.1, 0.15) is 166 Å². The Kier molecular flexibility index (Phi) is 27.2. The number of benzene rings is 8. The van der Waals surface area contributed by atoms with Crippen LogP contribution in [-0.2, 0) is 57.2 Å². The topological polar surface area (TPSA) is 336 Å². The van der Waals surface area contributed by atoms with E-state index in [2.05, 4.69) is 21.3 Å². The van der Waals surface area contributed by atoms with Gasteiger partial charge in [0.1, 0.15) is 0 Å². The molecule has 22 nitrogen and oxygen atoms in total. The normalized spacial score (nSPS) is 21.3. The molecule has 108 heavy (non-hydrogen) atoms. The van der Waals surface area contributed by atoms with Crippen molar-refractivity contribution >= 4 is 86.4 Å². The van der Waals surface area contributed by atoms with Crippen molar-refractivity contribution in [2.45, 2.75) is 146 Å². The average molecular weight is 1560 g/mol. The van der Waals surface area contributed by atoms with Gasteiger partial charge in [0.05, 0.1) is 68.3 Å². The van der Waals surface area contributed by atoms with Crippen LogP contribution < -0.4 is 90.6 Å². The van der Waals surface area contributed by atoms with Crippen molar-refractivity contribution in [1.29, 1.82) is 0 Å². The maximum absolute atomic E-state index is 14.3. The number of hydrogen-bond donors (Lipinski definition) is 4. The van der Waals surface area contributed by atoms with Gasteiger partial charge >= 0.3 is 59.1 Å². The minimum Gasteiger partial charge on any atom is -0.872 e. The second-order valence-electron chi connectivity index (χ2n) is 27.9. The first-order valence-corrected chi connectivity index (χ1v) is 41.7. The summed E-state index contributed by atoms with van der Waals surface area (Å²) in [6, 6.07) is 46.0. The molecule has 0 bridgehead atoms. The monoisotopic (exact) mass is 1560 g/mol. The summed E-state index contributed by atoms with van der Waals surface area (Å²) in [5, 5.41) is 40.0. The molecule has 0 spiro atoms. The largest absolute Gasteiger partial charge is 1.00 e. The molecule has 8 aromatic carbocycles. The van der Waals surface area contributed by atoms with Gasteiger partial charge in [-0.15, -0.1) is 0 Å². The molecule has 0 heterocycles. The fraction of sp³-hybridized carbons (Fsp3) is 0.350. The number of ketones is 4. The van der Waals surface area contributed by atoms with Crippen LogP contribution in [0.3, 0.4) is 0 Å². The maximum Gasteiger partial charge on any atom is 1.00 e. The third-order valence-corrected chi connectivity index (χ3v) is 26.4. The third-order valence-electron chi connectivity index (χ3n) is 21.2. The van der Waals surface area contributed by atoms with Gasteiger partial charge in [-0.25, -0.2) is 0 Å². The first kappa shape index (κ1) is 81.9. The van der Waals surface area contributed by atoms with Gasteiger partial charge in [0.15, 0.2) is 23.1 Å². The van der Waals surface area contributed by atoms with E-state index in [9.17, 15) is 63.1 Å². The number of fused-ring (bicyclic) bond motifs is 4. The number of carbonyl (C=O) groups is 4. The van der Waals surface area contributed by atoms with Crippen LogP contribution in [0.25, 0.3) is 0 Å². The molecule has 6 aliphatic carbocycles. The van der Waals surface area contributed by atoms with E-state index in [1.807, 2.05) is 0 Å². The Balaban J connectivity index is 0.000000211. The number of hydrogen-bond acceptors (Lipinski definition) is 22. The SMILES string of the molecule is O=C1c2cccc([O-])c2C(=O)c2c(NC3CCCCC3COS(=O)(=O)c3ccccc3)ccc(NC3CCCCC3COS(=O)(=O)c3ccccc3)c21.O=C1c2cccc([O-])c2C(=O)c2c(NC3CCCCC3COS(=O)(=O)c3ccccc3)ccc(NC3CCCCC3COS(=O)(=O)c3ccccc3)c21.[Na+].[Na+]. The predicted octanol–water partition coefficient (Wildman–Crippen LogP) is 6.58. The molecule has 8 atom stereocenters. The Morgan fingerprint density at radius 2 is 0.500 bits per heavy atom. The molecule has 8 aromatic rings. The molecule has 4 N–H and O–H groups in total. The van der Waals surface area contributed by atoms with Crippen LogP contribution in [0.2, 0.25) is 0 Å².